The quantitative estimate of drug-likeness (QED) is 0.473. The molecule has 2 aromatic heterocycles. The van der Waals surface area contributed by atoms with Gasteiger partial charge >= 0.3 is 0 Å². The molecule has 4 aromatic rings. The average molecular weight is 382 g/mol. The number of hydrogen-bond acceptors (Lipinski definition) is 5. The summed E-state index contributed by atoms with van der Waals surface area (Å²) in [6, 6.07) is 17.2. The van der Waals surface area contributed by atoms with Gasteiger partial charge in [0, 0.05) is 41.7 Å². The number of rotatable bonds is 6. The van der Waals surface area contributed by atoms with Crippen LogP contribution in [0.3, 0.4) is 0 Å². The van der Waals surface area contributed by atoms with Crippen LogP contribution in [0.15, 0.2) is 67.1 Å². The molecule has 0 radical (unpaired) electrons. The van der Waals surface area contributed by atoms with Crippen LogP contribution < -0.4 is 10.6 Å². The molecule has 0 bridgehead atoms. The summed E-state index contributed by atoms with van der Waals surface area (Å²) in [7, 11) is 0. The molecule has 0 aliphatic carbocycles. The summed E-state index contributed by atoms with van der Waals surface area (Å²) < 4.78 is 0. The lowest BCUT2D eigenvalue weighted by molar-refractivity contribution is 0.0953. The highest BCUT2D eigenvalue weighted by atomic mass is 16.1. The third-order valence-corrected chi connectivity index (χ3v) is 4.52. The van der Waals surface area contributed by atoms with Crippen LogP contribution in [0.5, 0.6) is 0 Å². The van der Waals surface area contributed by atoms with E-state index in [1.165, 1.54) is 17.8 Å². The number of aromatic nitrogens is 3. The number of nitrogens with zero attached hydrogens (tertiary/aromatic N) is 3. The number of benzene rings is 2. The normalized spacial score (nSPS) is 10.4. The standard InChI is InChI=1S/C22H18N6O/c23-11-15-4-3-5-18(10-15)28-22-26-13-17(14-27-22)21(29)24-9-8-16-12-25-20-7-2-1-6-19(16)20/h1-7,10,12-14,25H,8-9H2,(H,24,29)(H,26,27,28). The third-order valence-electron chi connectivity index (χ3n) is 4.52. The minimum atomic E-state index is -0.220. The Balaban J connectivity index is 1.33. The molecule has 0 spiro atoms. The zero-order chi connectivity index (χ0) is 20.1. The summed E-state index contributed by atoms with van der Waals surface area (Å²) in [5, 5.41) is 16.0. The van der Waals surface area contributed by atoms with Crippen LogP contribution in [-0.4, -0.2) is 27.4 Å². The second kappa shape index (κ2) is 8.23. The van der Waals surface area contributed by atoms with E-state index in [0.29, 0.717) is 29.3 Å². The minimum Gasteiger partial charge on any atom is -0.361 e. The fourth-order valence-corrected chi connectivity index (χ4v) is 3.06. The SMILES string of the molecule is N#Cc1cccc(Nc2ncc(C(=O)NCCc3c[nH]c4ccccc34)cn2)c1. The van der Waals surface area contributed by atoms with Crippen LogP contribution in [0, 0.1) is 11.3 Å². The number of nitriles is 1. The predicted octanol–water partition coefficient (Wildman–Crippen LogP) is 3.55. The fourth-order valence-electron chi connectivity index (χ4n) is 3.06. The molecular formula is C22H18N6O. The Morgan fingerprint density at radius 1 is 1.10 bits per heavy atom. The van der Waals surface area contributed by atoms with Gasteiger partial charge in [-0.1, -0.05) is 24.3 Å². The molecule has 142 valence electrons. The number of carbonyl (C=O) groups excluding carboxylic acids is 1. The molecule has 7 nitrogen and oxygen atoms in total. The first-order chi connectivity index (χ1) is 14.2. The molecule has 29 heavy (non-hydrogen) atoms. The summed E-state index contributed by atoms with van der Waals surface area (Å²) in [5.41, 5.74) is 3.89. The van der Waals surface area contributed by atoms with Crippen molar-refractivity contribution >= 4 is 28.4 Å². The van der Waals surface area contributed by atoms with Crippen LogP contribution >= 0.6 is 0 Å². The number of fused-ring (bicyclic) bond motifs is 1. The Morgan fingerprint density at radius 3 is 2.76 bits per heavy atom. The highest BCUT2D eigenvalue weighted by Gasteiger charge is 2.08. The van der Waals surface area contributed by atoms with E-state index in [1.807, 2.05) is 30.5 Å². The van der Waals surface area contributed by atoms with E-state index in [-0.39, 0.29) is 5.91 Å². The van der Waals surface area contributed by atoms with Gasteiger partial charge in [-0.05, 0) is 36.2 Å². The molecule has 0 fully saturated rings. The fraction of sp³-hybridized carbons (Fsp3) is 0.0909. The van der Waals surface area contributed by atoms with Crippen molar-refractivity contribution < 1.29 is 4.79 Å². The number of anilines is 2. The molecule has 1 amide bonds. The molecule has 0 aliphatic heterocycles. The average Bonchev–Trinajstić information content (AvgIpc) is 3.17. The Hall–Kier alpha value is -4.18. The number of hydrogen-bond donors (Lipinski definition) is 3. The second-order valence-electron chi connectivity index (χ2n) is 6.48. The number of carbonyl (C=O) groups is 1. The third kappa shape index (κ3) is 4.22. The lowest BCUT2D eigenvalue weighted by Crippen LogP contribution is -2.26. The van der Waals surface area contributed by atoms with Crippen molar-refractivity contribution in [3.05, 3.63) is 83.8 Å². The maximum absolute atomic E-state index is 12.3. The van der Waals surface area contributed by atoms with Crippen molar-refractivity contribution in [1.29, 1.82) is 5.26 Å². The second-order valence-corrected chi connectivity index (χ2v) is 6.48. The monoisotopic (exact) mass is 382 g/mol. The van der Waals surface area contributed by atoms with E-state index in [9.17, 15) is 4.79 Å². The van der Waals surface area contributed by atoms with E-state index in [1.54, 1.807) is 18.2 Å². The summed E-state index contributed by atoms with van der Waals surface area (Å²) in [4.78, 5) is 23.9. The van der Waals surface area contributed by atoms with Crippen LogP contribution in [0.4, 0.5) is 11.6 Å². The minimum absolute atomic E-state index is 0.220. The molecule has 3 N–H and O–H groups in total. The number of nitrogens with one attached hydrogen (secondary N) is 3. The van der Waals surface area contributed by atoms with Gasteiger partial charge in [-0.2, -0.15) is 5.26 Å². The van der Waals surface area contributed by atoms with Gasteiger partial charge < -0.3 is 15.6 Å². The van der Waals surface area contributed by atoms with Crippen LogP contribution in [0.2, 0.25) is 0 Å². The Kier molecular flexibility index (Phi) is 5.16. The Labute approximate surface area is 167 Å². The summed E-state index contributed by atoms with van der Waals surface area (Å²) in [6.45, 7) is 0.516. The molecule has 0 saturated heterocycles. The van der Waals surface area contributed by atoms with Gasteiger partial charge in [0.15, 0.2) is 0 Å². The van der Waals surface area contributed by atoms with Gasteiger partial charge in [0.2, 0.25) is 5.95 Å². The maximum Gasteiger partial charge on any atom is 0.254 e. The van der Waals surface area contributed by atoms with E-state index in [4.69, 9.17) is 5.26 Å². The Morgan fingerprint density at radius 2 is 1.93 bits per heavy atom. The van der Waals surface area contributed by atoms with Gasteiger partial charge in [0.1, 0.15) is 0 Å². The first kappa shape index (κ1) is 18.2. The topological polar surface area (TPSA) is 106 Å². The van der Waals surface area contributed by atoms with Gasteiger partial charge in [-0.25, -0.2) is 9.97 Å². The van der Waals surface area contributed by atoms with Gasteiger partial charge in [-0.3, -0.25) is 4.79 Å². The van der Waals surface area contributed by atoms with Crippen LogP contribution in [-0.2, 0) is 6.42 Å². The van der Waals surface area contributed by atoms with Gasteiger partial charge in [0.05, 0.1) is 17.2 Å². The first-order valence-electron chi connectivity index (χ1n) is 9.15. The Bertz CT molecular complexity index is 1190. The molecular weight excluding hydrogens is 364 g/mol. The maximum atomic E-state index is 12.3. The highest BCUT2D eigenvalue weighted by Crippen LogP contribution is 2.18. The molecule has 0 saturated carbocycles. The lowest BCUT2D eigenvalue weighted by atomic mass is 10.1. The van der Waals surface area contributed by atoms with Gasteiger partial charge in [0.25, 0.3) is 5.91 Å². The van der Waals surface area contributed by atoms with E-state index >= 15 is 0 Å². The summed E-state index contributed by atoms with van der Waals surface area (Å²) in [5.74, 6) is 0.137. The molecule has 7 heteroatoms. The van der Waals surface area contributed by atoms with Crippen LogP contribution in [0.25, 0.3) is 10.9 Å². The predicted molar refractivity (Wildman–Crippen MR) is 111 cm³/mol. The zero-order valence-corrected chi connectivity index (χ0v) is 15.5. The largest absolute Gasteiger partial charge is 0.361 e. The van der Waals surface area contributed by atoms with Gasteiger partial charge in [-0.15, -0.1) is 0 Å². The molecule has 2 heterocycles. The summed E-state index contributed by atoms with van der Waals surface area (Å²) in [6.07, 6.45) is 5.65. The van der Waals surface area contributed by atoms with E-state index < -0.39 is 0 Å². The molecule has 0 atom stereocenters. The zero-order valence-electron chi connectivity index (χ0n) is 15.5. The molecule has 2 aromatic carbocycles. The molecule has 0 aliphatic rings. The van der Waals surface area contributed by atoms with Crippen molar-refractivity contribution in [1.82, 2.24) is 20.3 Å². The number of para-hydroxylation sites is 1. The number of amides is 1. The summed E-state index contributed by atoms with van der Waals surface area (Å²) >= 11 is 0. The molecule has 0 unspecified atom stereocenters. The lowest BCUT2D eigenvalue weighted by Gasteiger charge is -2.07. The number of H-pyrrole nitrogens is 1. The first-order valence-corrected chi connectivity index (χ1v) is 9.15. The van der Waals surface area contributed by atoms with Crippen molar-refractivity contribution in [3.63, 3.8) is 0 Å². The van der Waals surface area contributed by atoms with Crippen molar-refractivity contribution in [3.8, 4) is 6.07 Å². The number of aromatic amines is 1. The van der Waals surface area contributed by atoms with E-state index in [0.717, 1.165) is 17.5 Å². The van der Waals surface area contributed by atoms with Crippen molar-refractivity contribution in [2.24, 2.45) is 0 Å². The van der Waals surface area contributed by atoms with Crippen molar-refractivity contribution in [2.75, 3.05) is 11.9 Å². The van der Waals surface area contributed by atoms with Crippen molar-refractivity contribution in [2.45, 2.75) is 6.42 Å². The van der Waals surface area contributed by atoms with Crippen LogP contribution in [0.1, 0.15) is 21.5 Å². The smallest absolute Gasteiger partial charge is 0.254 e. The highest BCUT2D eigenvalue weighted by molar-refractivity contribution is 5.93. The molecule has 4 rings (SSSR count). The van der Waals surface area contributed by atoms with E-state index in [2.05, 4.69) is 37.7 Å².